The monoisotopic (exact) mass is 289 g/mol. The van der Waals surface area contributed by atoms with Gasteiger partial charge in [0, 0.05) is 10.6 Å². The van der Waals surface area contributed by atoms with Crippen LogP contribution in [0.25, 0.3) is 0 Å². The van der Waals surface area contributed by atoms with Crippen molar-refractivity contribution in [1.29, 1.82) is 0 Å². The van der Waals surface area contributed by atoms with E-state index >= 15 is 0 Å². The Balaban J connectivity index is 1.79. The summed E-state index contributed by atoms with van der Waals surface area (Å²) in [4.78, 5) is 11.9. The van der Waals surface area contributed by atoms with Crippen LogP contribution in [0.3, 0.4) is 0 Å². The summed E-state index contributed by atoms with van der Waals surface area (Å²) in [6.07, 6.45) is 0. The van der Waals surface area contributed by atoms with Gasteiger partial charge in [-0.15, -0.1) is 0 Å². The summed E-state index contributed by atoms with van der Waals surface area (Å²) in [5, 5.41) is 3.46. The molecule has 20 heavy (non-hydrogen) atoms. The van der Waals surface area contributed by atoms with Gasteiger partial charge in [-0.3, -0.25) is 4.79 Å². The maximum absolute atomic E-state index is 11.9. The van der Waals surface area contributed by atoms with E-state index in [9.17, 15) is 4.79 Å². The summed E-state index contributed by atoms with van der Waals surface area (Å²) in [5.74, 6) is 0.612. The van der Waals surface area contributed by atoms with Crippen LogP contribution in [0.1, 0.15) is 15.9 Å². The molecule has 4 heteroatoms. The van der Waals surface area contributed by atoms with E-state index in [0.717, 1.165) is 5.56 Å². The van der Waals surface area contributed by atoms with Crippen LogP contribution >= 0.6 is 11.6 Å². The fourth-order valence-corrected chi connectivity index (χ4v) is 1.99. The van der Waals surface area contributed by atoms with Crippen LogP contribution in [0, 0.1) is 6.92 Å². The van der Waals surface area contributed by atoms with Crippen LogP contribution in [0.15, 0.2) is 48.5 Å². The number of hydrogen-bond donors (Lipinski definition) is 1. The van der Waals surface area contributed by atoms with E-state index in [-0.39, 0.29) is 5.91 Å². The van der Waals surface area contributed by atoms with E-state index in [1.54, 1.807) is 12.1 Å². The molecule has 2 rings (SSSR count). The van der Waals surface area contributed by atoms with Gasteiger partial charge < -0.3 is 10.1 Å². The molecule has 2 aromatic rings. The Bertz CT molecular complexity index is 599. The molecular weight excluding hydrogens is 274 g/mol. The van der Waals surface area contributed by atoms with E-state index in [2.05, 4.69) is 5.32 Å². The molecule has 1 amide bonds. The van der Waals surface area contributed by atoms with E-state index in [1.807, 2.05) is 43.3 Å². The summed E-state index contributed by atoms with van der Waals surface area (Å²) in [7, 11) is 0. The largest absolute Gasteiger partial charge is 0.492 e. The highest BCUT2D eigenvalue weighted by molar-refractivity contribution is 6.30. The van der Waals surface area contributed by atoms with Crippen LogP contribution in [0.4, 0.5) is 0 Å². The second-order valence-corrected chi connectivity index (χ2v) is 4.81. The van der Waals surface area contributed by atoms with Gasteiger partial charge in [-0.2, -0.15) is 0 Å². The first-order chi connectivity index (χ1) is 9.66. The Morgan fingerprint density at radius 2 is 2.00 bits per heavy atom. The lowest BCUT2D eigenvalue weighted by Crippen LogP contribution is -2.28. The Morgan fingerprint density at radius 3 is 2.75 bits per heavy atom. The first-order valence-electron chi connectivity index (χ1n) is 6.39. The van der Waals surface area contributed by atoms with Gasteiger partial charge in [-0.1, -0.05) is 35.9 Å². The number of rotatable bonds is 5. The minimum Gasteiger partial charge on any atom is -0.492 e. The van der Waals surface area contributed by atoms with E-state index in [1.165, 1.54) is 0 Å². The topological polar surface area (TPSA) is 38.3 Å². The van der Waals surface area contributed by atoms with Crippen molar-refractivity contribution in [3.63, 3.8) is 0 Å². The SMILES string of the molecule is Cc1ccccc1C(=O)NCCOc1cccc(Cl)c1. The molecule has 0 saturated heterocycles. The van der Waals surface area contributed by atoms with Crippen molar-refractivity contribution in [2.75, 3.05) is 13.2 Å². The fourth-order valence-electron chi connectivity index (χ4n) is 1.81. The van der Waals surface area contributed by atoms with Gasteiger partial charge in [0.25, 0.3) is 5.91 Å². The highest BCUT2D eigenvalue weighted by atomic mass is 35.5. The standard InChI is InChI=1S/C16H16ClNO2/c1-12-5-2-3-8-15(12)16(19)18-9-10-20-14-7-4-6-13(17)11-14/h2-8,11H,9-10H2,1H3,(H,18,19). The molecule has 0 aliphatic heterocycles. The number of aryl methyl sites for hydroxylation is 1. The molecule has 0 aliphatic carbocycles. The predicted octanol–water partition coefficient (Wildman–Crippen LogP) is 3.46. The smallest absolute Gasteiger partial charge is 0.251 e. The van der Waals surface area contributed by atoms with Gasteiger partial charge >= 0.3 is 0 Å². The third-order valence-electron chi connectivity index (χ3n) is 2.84. The molecule has 0 unspecified atom stereocenters. The summed E-state index contributed by atoms with van der Waals surface area (Å²) >= 11 is 5.86. The molecule has 2 aromatic carbocycles. The highest BCUT2D eigenvalue weighted by Gasteiger charge is 2.06. The zero-order valence-electron chi connectivity index (χ0n) is 11.2. The summed E-state index contributed by atoms with van der Waals surface area (Å²) in [6, 6.07) is 14.7. The molecular formula is C16H16ClNO2. The number of nitrogens with one attached hydrogen (secondary N) is 1. The number of ether oxygens (including phenoxy) is 1. The molecule has 1 N–H and O–H groups in total. The van der Waals surface area contributed by atoms with Gasteiger partial charge in [0.1, 0.15) is 12.4 Å². The highest BCUT2D eigenvalue weighted by Crippen LogP contribution is 2.16. The third kappa shape index (κ3) is 4.00. The van der Waals surface area contributed by atoms with Crippen molar-refractivity contribution < 1.29 is 9.53 Å². The molecule has 0 heterocycles. The van der Waals surface area contributed by atoms with Crippen molar-refractivity contribution in [2.45, 2.75) is 6.92 Å². The summed E-state index contributed by atoms with van der Waals surface area (Å²) in [6.45, 7) is 2.76. The van der Waals surface area contributed by atoms with Gasteiger partial charge in [-0.05, 0) is 36.8 Å². The Labute approximate surface area is 123 Å². The first-order valence-corrected chi connectivity index (χ1v) is 6.77. The van der Waals surface area contributed by atoms with Crippen molar-refractivity contribution in [1.82, 2.24) is 5.32 Å². The maximum atomic E-state index is 11.9. The number of amides is 1. The molecule has 3 nitrogen and oxygen atoms in total. The number of carbonyl (C=O) groups excluding carboxylic acids is 1. The molecule has 0 spiro atoms. The minimum absolute atomic E-state index is 0.0854. The van der Waals surface area contributed by atoms with Crippen LogP contribution in [-0.4, -0.2) is 19.1 Å². The number of carbonyl (C=O) groups is 1. The van der Waals surface area contributed by atoms with E-state index in [4.69, 9.17) is 16.3 Å². The van der Waals surface area contributed by atoms with Crippen molar-refractivity contribution >= 4 is 17.5 Å². The Morgan fingerprint density at radius 1 is 1.20 bits per heavy atom. The summed E-state index contributed by atoms with van der Waals surface area (Å²) in [5.41, 5.74) is 1.65. The van der Waals surface area contributed by atoms with Crippen molar-refractivity contribution in [2.24, 2.45) is 0 Å². The van der Waals surface area contributed by atoms with Crippen LogP contribution < -0.4 is 10.1 Å². The quantitative estimate of drug-likeness (QED) is 0.856. The zero-order chi connectivity index (χ0) is 14.4. The summed E-state index contributed by atoms with van der Waals surface area (Å²) < 4.78 is 5.50. The normalized spacial score (nSPS) is 10.1. The number of hydrogen-bond acceptors (Lipinski definition) is 2. The molecule has 0 radical (unpaired) electrons. The second kappa shape index (κ2) is 6.96. The van der Waals surface area contributed by atoms with E-state index < -0.39 is 0 Å². The average molecular weight is 290 g/mol. The molecule has 0 bridgehead atoms. The van der Waals surface area contributed by atoms with Crippen LogP contribution in [-0.2, 0) is 0 Å². The predicted molar refractivity (Wildman–Crippen MR) is 80.5 cm³/mol. The minimum atomic E-state index is -0.0854. The molecule has 0 fully saturated rings. The lowest BCUT2D eigenvalue weighted by atomic mass is 10.1. The number of benzene rings is 2. The number of halogens is 1. The molecule has 0 aromatic heterocycles. The maximum Gasteiger partial charge on any atom is 0.251 e. The Kier molecular flexibility index (Phi) is 5.02. The average Bonchev–Trinajstić information content (AvgIpc) is 2.44. The van der Waals surface area contributed by atoms with Crippen LogP contribution in [0.5, 0.6) is 5.75 Å². The lowest BCUT2D eigenvalue weighted by Gasteiger charge is -2.09. The van der Waals surface area contributed by atoms with Crippen molar-refractivity contribution in [3.05, 3.63) is 64.7 Å². The second-order valence-electron chi connectivity index (χ2n) is 4.38. The molecule has 0 atom stereocenters. The van der Waals surface area contributed by atoms with Gasteiger partial charge in [-0.25, -0.2) is 0 Å². The van der Waals surface area contributed by atoms with Gasteiger partial charge in [0.15, 0.2) is 0 Å². The molecule has 0 aliphatic rings. The third-order valence-corrected chi connectivity index (χ3v) is 3.08. The zero-order valence-corrected chi connectivity index (χ0v) is 12.0. The molecule has 0 saturated carbocycles. The lowest BCUT2D eigenvalue weighted by molar-refractivity contribution is 0.0946. The fraction of sp³-hybridized carbons (Fsp3) is 0.188. The first kappa shape index (κ1) is 14.4. The van der Waals surface area contributed by atoms with Crippen molar-refractivity contribution in [3.8, 4) is 5.75 Å². The van der Waals surface area contributed by atoms with E-state index in [0.29, 0.717) is 29.5 Å². The van der Waals surface area contributed by atoms with Gasteiger partial charge in [0.2, 0.25) is 0 Å². The van der Waals surface area contributed by atoms with Gasteiger partial charge in [0.05, 0.1) is 6.54 Å². The molecule has 104 valence electrons. The Hall–Kier alpha value is -2.00. The van der Waals surface area contributed by atoms with Crippen LogP contribution in [0.2, 0.25) is 5.02 Å².